The summed E-state index contributed by atoms with van der Waals surface area (Å²) in [6.45, 7) is 2.14. The summed E-state index contributed by atoms with van der Waals surface area (Å²) in [5.41, 5.74) is 2.84. The Bertz CT molecular complexity index is 777. The molecule has 0 unspecified atom stereocenters. The first kappa shape index (κ1) is 15.3. The zero-order valence-corrected chi connectivity index (χ0v) is 13.5. The molecule has 1 heterocycles. The van der Waals surface area contributed by atoms with Crippen molar-refractivity contribution in [2.75, 3.05) is 6.61 Å². The molecular formula is C19H16O3S. The number of rotatable bonds is 5. The Morgan fingerprint density at radius 3 is 2.52 bits per heavy atom. The quantitative estimate of drug-likeness (QED) is 0.591. The van der Waals surface area contributed by atoms with E-state index in [1.54, 1.807) is 36.5 Å². The fraction of sp³-hybridized carbons (Fsp3) is 0.105. The summed E-state index contributed by atoms with van der Waals surface area (Å²) < 4.78 is 10.8. The van der Waals surface area contributed by atoms with Gasteiger partial charge in [-0.05, 0) is 65.2 Å². The highest BCUT2D eigenvalue weighted by molar-refractivity contribution is 7.08. The molecule has 0 saturated carbocycles. The summed E-state index contributed by atoms with van der Waals surface area (Å²) in [5.74, 6) is 0.995. The monoisotopic (exact) mass is 324 g/mol. The second kappa shape index (κ2) is 7.11. The Hall–Kier alpha value is -2.59. The largest absolute Gasteiger partial charge is 0.462 e. The minimum absolute atomic E-state index is 0.342. The fourth-order valence-electron chi connectivity index (χ4n) is 2.18. The minimum Gasteiger partial charge on any atom is -0.462 e. The van der Waals surface area contributed by atoms with E-state index in [1.807, 2.05) is 30.3 Å². The van der Waals surface area contributed by atoms with Crippen LogP contribution in [0.25, 0.3) is 11.1 Å². The minimum atomic E-state index is -0.342. The van der Waals surface area contributed by atoms with Crippen molar-refractivity contribution in [3.63, 3.8) is 0 Å². The summed E-state index contributed by atoms with van der Waals surface area (Å²) >= 11 is 1.67. The van der Waals surface area contributed by atoms with Gasteiger partial charge in [-0.3, -0.25) is 0 Å². The van der Waals surface area contributed by atoms with Crippen LogP contribution in [-0.4, -0.2) is 12.6 Å². The van der Waals surface area contributed by atoms with Crippen LogP contribution in [-0.2, 0) is 4.74 Å². The van der Waals surface area contributed by atoms with Gasteiger partial charge in [-0.25, -0.2) is 4.79 Å². The van der Waals surface area contributed by atoms with Crippen molar-refractivity contribution in [3.05, 3.63) is 70.9 Å². The van der Waals surface area contributed by atoms with Crippen LogP contribution in [0.4, 0.5) is 0 Å². The van der Waals surface area contributed by atoms with Gasteiger partial charge >= 0.3 is 5.97 Å². The van der Waals surface area contributed by atoms with Crippen LogP contribution in [0, 0.1) is 0 Å². The number of carbonyl (C=O) groups is 1. The van der Waals surface area contributed by atoms with Crippen molar-refractivity contribution in [3.8, 4) is 22.6 Å². The second-order valence-electron chi connectivity index (χ2n) is 4.89. The third-order valence-electron chi connectivity index (χ3n) is 3.29. The lowest BCUT2D eigenvalue weighted by atomic mass is 10.1. The Morgan fingerprint density at radius 1 is 1.00 bits per heavy atom. The summed E-state index contributed by atoms with van der Waals surface area (Å²) in [6.07, 6.45) is 0. The van der Waals surface area contributed by atoms with E-state index in [-0.39, 0.29) is 5.97 Å². The molecular weight excluding hydrogens is 308 g/mol. The van der Waals surface area contributed by atoms with Gasteiger partial charge in [0.15, 0.2) is 0 Å². The maximum absolute atomic E-state index is 11.7. The predicted octanol–water partition coefficient (Wildman–Crippen LogP) is 5.38. The zero-order valence-electron chi connectivity index (χ0n) is 12.7. The van der Waals surface area contributed by atoms with E-state index in [1.165, 1.54) is 5.56 Å². The van der Waals surface area contributed by atoms with Crippen molar-refractivity contribution < 1.29 is 14.3 Å². The molecule has 0 radical (unpaired) electrons. The highest BCUT2D eigenvalue weighted by atomic mass is 32.1. The molecule has 23 heavy (non-hydrogen) atoms. The summed E-state index contributed by atoms with van der Waals surface area (Å²) in [6, 6.07) is 17.0. The number of carbonyl (C=O) groups excluding carboxylic acids is 1. The predicted molar refractivity (Wildman–Crippen MR) is 92.2 cm³/mol. The van der Waals surface area contributed by atoms with Gasteiger partial charge in [0.25, 0.3) is 0 Å². The number of thiophene rings is 1. The Balaban J connectivity index is 1.74. The van der Waals surface area contributed by atoms with Crippen molar-refractivity contribution in [2.24, 2.45) is 0 Å². The topological polar surface area (TPSA) is 35.5 Å². The van der Waals surface area contributed by atoms with Crippen LogP contribution in [0.2, 0.25) is 0 Å². The van der Waals surface area contributed by atoms with E-state index in [4.69, 9.17) is 9.47 Å². The van der Waals surface area contributed by atoms with Gasteiger partial charge < -0.3 is 9.47 Å². The molecule has 116 valence electrons. The molecule has 0 aliphatic rings. The number of esters is 1. The van der Waals surface area contributed by atoms with Gasteiger partial charge in [0.2, 0.25) is 0 Å². The van der Waals surface area contributed by atoms with E-state index in [9.17, 15) is 4.79 Å². The Labute approximate surface area is 139 Å². The third kappa shape index (κ3) is 3.79. The van der Waals surface area contributed by atoms with Crippen LogP contribution in [0.15, 0.2) is 65.4 Å². The molecule has 4 heteroatoms. The van der Waals surface area contributed by atoms with Crippen LogP contribution in [0.3, 0.4) is 0 Å². The lowest BCUT2D eigenvalue weighted by Crippen LogP contribution is -2.04. The van der Waals surface area contributed by atoms with Crippen LogP contribution in [0.1, 0.15) is 17.3 Å². The number of benzene rings is 2. The normalized spacial score (nSPS) is 10.3. The van der Waals surface area contributed by atoms with Crippen molar-refractivity contribution in [2.45, 2.75) is 6.92 Å². The van der Waals surface area contributed by atoms with Crippen molar-refractivity contribution in [1.82, 2.24) is 0 Å². The maximum Gasteiger partial charge on any atom is 0.338 e. The fourth-order valence-corrected chi connectivity index (χ4v) is 2.85. The Morgan fingerprint density at radius 2 is 1.83 bits per heavy atom. The maximum atomic E-state index is 11.7. The zero-order chi connectivity index (χ0) is 16.1. The standard InChI is InChI=1S/C19H16O3S/c1-2-21-19(20)15-4-3-5-18(12-15)22-17-8-6-14(7-9-17)16-10-11-23-13-16/h3-13H,2H2,1H3. The van der Waals surface area contributed by atoms with E-state index in [0.717, 1.165) is 11.3 Å². The summed E-state index contributed by atoms with van der Waals surface area (Å²) in [7, 11) is 0. The van der Waals surface area contributed by atoms with E-state index < -0.39 is 0 Å². The smallest absolute Gasteiger partial charge is 0.338 e. The van der Waals surface area contributed by atoms with Crippen molar-refractivity contribution >= 4 is 17.3 Å². The molecule has 2 aromatic carbocycles. The molecule has 3 aromatic rings. The van der Waals surface area contributed by atoms with E-state index in [2.05, 4.69) is 16.8 Å². The average molecular weight is 324 g/mol. The molecule has 0 saturated heterocycles. The summed E-state index contributed by atoms with van der Waals surface area (Å²) in [4.78, 5) is 11.7. The van der Waals surface area contributed by atoms with Gasteiger partial charge in [0.05, 0.1) is 12.2 Å². The van der Waals surface area contributed by atoms with Gasteiger partial charge in [-0.15, -0.1) is 0 Å². The van der Waals surface area contributed by atoms with E-state index >= 15 is 0 Å². The first-order valence-electron chi connectivity index (χ1n) is 7.34. The SMILES string of the molecule is CCOC(=O)c1cccc(Oc2ccc(-c3ccsc3)cc2)c1. The molecule has 3 rings (SSSR count). The molecule has 0 aliphatic carbocycles. The first-order valence-corrected chi connectivity index (χ1v) is 8.28. The molecule has 0 bridgehead atoms. The highest BCUT2D eigenvalue weighted by Gasteiger charge is 2.08. The molecule has 0 N–H and O–H groups in total. The molecule has 0 spiro atoms. The molecule has 1 aromatic heterocycles. The first-order chi connectivity index (χ1) is 11.3. The van der Waals surface area contributed by atoms with Gasteiger partial charge in [-0.1, -0.05) is 18.2 Å². The average Bonchev–Trinajstić information content (AvgIpc) is 3.11. The lowest BCUT2D eigenvalue weighted by molar-refractivity contribution is 0.0526. The second-order valence-corrected chi connectivity index (χ2v) is 5.67. The summed E-state index contributed by atoms with van der Waals surface area (Å²) in [5, 5.41) is 4.17. The highest BCUT2D eigenvalue weighted by Crippen LogP contribution is 2.27. The van der Waals surface area contributed by atoms with Gasteiger partial charge in [-0.2, -0.15) is 11.3 Å². The van der Waals surface area contributed by atoms with E-state index in [0.29, 0.717) is 17.9 Å². The molecule has 0 atom stereocenters. The van der Waals surface area contributed by atoms with Crippen LogP contribution < -0.4 is 4.74 Å². The van der Waals surface area contributed by atoms with Crippen LogP contribution >= 0.6 is 11.3 Å². The third-order valence-corrected chi connectivity index (χ3v) is 3.97. The van der Waals surface area contributed by atoms with Gasteiger partial charge in [0.1, 0.15) is 11.5 Å². The van der Waals surface area contributed by atoms with Gasteiger partial charge in [0, 0.05) is 0 Å². The molecule has 3 nitrogen and oxygen atoms in total. The molecule has 0 aliphatic heterocycles. The number of hydrogen-bond donors (Lipinski definition) is 0. The number of hydrogen-bond acceptors (Lipinski definition) is 4. The Kier molecular flexibility index (Phi) is 4.74. The lowest BCUT2D eigenvalue weighted by Gasteiger charge is -2.08. The number of ether oxygens (including phenoxy) is 2. The molecule has 0 amide bonds. The molecule has 0 fully saturated rings. The van der Waals surface area contributed by atoms with Crippen molar-refractivity contribution in [1.29, 1.82) is 0 Å². The van der Waals surface area contributed by atoms with Crippen LogP contribution in [0.5, 0.6) is 11.5 Å².